The number of rotatable bonds is 2. The summed E-state index contributed by atoms with van der Waals surface area (Å²) >= 11 is 1.45. The van der Waals surface area contributed by atoms with Crippen molar-refractivity contribution >= 4 is 17.2 Å². The zero-order valence-electron chi connectivity index (χ0n) is 9.35. The summed E-state index contributed by atoms with van der Waals surface area (Å²) in [7, 11) is 0. The van der Waals surface area contributed by atoms with Crippen LogP contribution in [0.3, 0.4) is 0 Å². The highest BCUT2D eigenvalue weighted by Crippen LogP contribution is 2.18. The third kappa shape index (κ3) is 2.41. The number of nitrogens with zero attached hydrogens (tertiary/aromatic N) is 2. The number of aliphatic hydroxyl groups excluding tert-OH is 1. The van der Waals surface area contributed by atoms with E-state index in [4.69, 9.17) is 0 Å². The second kappa shape index (κ2) is 4.93. The topological polar surface area (TPSA) is 53.4 Å². The van der Waals surface area contributed by atoms with Gasteiger partial charge in [-0.25, -0.2) is 4.98 Å². The summed E-state index contributed by atoms with van der Waals surface area (Å²) < 4.78 is 0. The van der Waals surface area contributed by atoms with Crippen molar-refractivity contribution < 1.29 is 9.90 Å². The molecular weight excluding hydrogens is 224 g/mol. The van der Waals surface area contributed by atoms with Crippen LogP contribution in [0.5, 0.6) is 0 Å². The van der Waals surface area contributed by atoms with Crippen LogP contribution in [-0.4, -0.2) is 40.1 Å². The van der Waals surface area contributed by atoms with Crippen molar-refractivity contribution in [2.45, 2.75) is 32.3 Å². The first-order valence-corrected chi connectivity index (χ1v) is 6.44. The second-order valence-electron chi connectivity index (χ2n) is 4.02. The number of β-amino-alcohol motifs (C(OH)–C–C–N with tert-alkyl or cyclic N) is 1. The molecule has 1 aromatic heterocycles. The molecule has 1 fully saturated rings. The Bertz CT molecular complexity index is 378. The molecule has 0 radical (unpaired) electrons. The Morgan fingerprint density at radius 3 is 3.19 bits per heavy atom. The molecule has 0 bridgehead atoms. The number of hydrogen-bond donors (Lipinski definition) is 1. The van der Waals surface area contributed by atoms with Gasteiger partial charge in [0.15, 0.2) is 0 Å². The molecule has 1 aliphatic rings. The fraction of sp³-hybridized carbons (Fsp3) is 0.636. The molecule has 16 heavy (non-hydrogen) atoms. The first-order valence-electron chi connectivity index (χ1n) is 5.62. The van der Waals surface area contributed by atoms with E-state index in [1.54, 1.807) is 11.1 Å². The van der Waals surface area contributed by atoms with Gasteiger partial charge in [0, 0.05) is 13.1 Å². The fourth-order valence-corrected chi connectivity index (χ4v) is 2.69. The normalized spacial score (nSPS) is 21.1. The molecule has 0 aromatic carbocycles. The summed E-state index contributed by atoms with van der Waals surface area (Å²) in [4.78, 5) is 18.6. The van der Waals surface area contributed by atoms with Gasteiger partial charge in [-0.1, -0.05) is 6.92 Å². The molecule has 88 valence electrons. The minimum Gasteiger partial charge on any atom is -0.391 e. The summed E-state index contributed by atoms with van der Waals surface area (Å²) in [6.45, 7) is 3.23. The molecule has 2 heterocycles. The van der Waals surface area contributed by atoms with E-state index >= 15 is 0 Å². The minimum absolute atomic E-state index is 0.0101. The van der Waals surface area contributed by atoms with Crippen molar-refractivity contribution in [2.75, 3.05) is 13.1 Å². The second-order valence-corrected chi connectivity index (χ2v) is 5.13. The lowest BCUT2D eigenvalue weighted by molar-refractivity contribution is 0.0477. The third-order valence-electron chi connectivity index (χ3n) is 2.75. The quantitative estimate of drug-likeness (QED) is 0.848. The van der Waals surface area contributed by atoms with Crippen molar-refractivity contribution in [1.82, 2.24) is 9.88 Å². The van der Waals surface area contributed by atoms with Crippen molar-refractivity contribution in [3.8, 4) is 0 Å². The molecule has 1 amide bonds. The van der Waals surface area contributed by atoms with Crippen LogP contribution in [0.1, 0.15) is 34.4 Å². The Hall–Kier alpha value is -0.940. The summed E-state index contributed by atoms with van der Waals surface area (Å²) in [6.07, 6.45) is 3.82. The monoisotopic (exact) mass is 240 g/mol. The van der Waals surface area contributed by atoms with Crippen molar-refractivity contribution in [3.63, 3.8) is 0 Å². The summed E-state index contributed by atoms with van der Waals surface area (Å²) in [6, 6.07) is 0. The van der Waals surface area contributed by atoms with Crippen LogP contribution in [0.4, 0.5) is 0 Å². The lowest BCUT2D eigenvalue weighted by Gasteiger charge is -2.29. The van der Waals surface area contributed by atoms with Crippen molar-refractivity contribution in [3.05, 3.63) is 16.1 Å². The van der Waals surface area contributed by atoms with E-state index in [1.807, 2.05) is 6.92 Å². The predicted octanol–water partition coefficient (Wildman–Crippen LogP) is 1.30. The molecular formula is C11H16N2O2S. The molecule has 1 unspecified atom stereocenters. The Morgan fingerprint density at radius 1 is 1.75 bits per heavy atom. The summed E-state index contributed by atoms with van der Waals surface area (Å²) in [5, 5.41) is 10.5. The Balaban J connectivity index is 2.06. The van der Waals surface area contributed by atoms with E-state index in [0.717, 1.165) is 30.8 Å². The fourth-order valence-electron chi connectivity index (χ4n) is 1.87. The first-order chi connectivity index (χ1) is 7.70. The van der Waals surface area contributed by atoms with Gasteiger partial charge in [-0.15, -0.1) is 11.3 Å². The van der Waals surface area contributed by atoms with E-state index in [1.165, 1.54) is 11.3 Å². The van der Waals surface area contributed by atoms with E-state index < -0.39 is 0 Å². The van der Waals surface area contributed by atoms with Gasteiger partial charge in [-0.05, 0) is 19.3 Å². The number of hydrogen-bond acceptors (Lipinski definition) is 4. The van der Waals surface area contributed by atoms with Gasteiger partial charge >= 0.3 is 0 Å². The van der Waals surface area contributed by atoms with E-state index in [9.17, 15) is 9.90 Å². The van der Waals surface area contributed by atoms with E-state index in [0.29, 0.717) is 11.4 Å². The zero-order valence-corrected chi connectivity index (χ0v) is 10.2. The number of aromatic nitrogens is 1. The molecule has 1 aliphatic heterocycles. The van der Waals surface area contributed by atoms with Crippen LogP contribution in [0, 0.1) is 0 Å². The lowest BCUT2D eigenvalue weighted by atomic mass is 10.1. The van der Waals surface area contributed by atoms with Gasteiger partial charge < -0.3 is 10.0 Å². The Labute approximate surface area is 98.9 Å². The molecule has 1 atom stereocenters. The maximum atomic E-state index is 12.1. The number of aliphatic hydroxyl groups is 1. The molecule has 0 spiro atoms. The molecule has 0 saturated carbocycles. The van der Waals surface area contributed by atoms with Crippen LogP contribution in [0.15, 0.2) is 6.20 Å². The van der Waals surface area contributed by atoms with Crippen LogP contribution in [-0.2, 0) is 6.42 Å². The van der Waals surface area contributed by atoms with E-state index in [-0.39, 0.29) is 12.0 Å². The third-order valence-corrected chi connectivity index (χ3v) is 3.88. The molecule has 1 aromatic rings. The maximum Gasteiger partial charge on any atom is 0.265 e. The highest BCUT2D eigenvalue weighted by molar-refractivity contribution is 7.13. The summed E-state index contributed by atoms with van der Waals surface area (Å²) in [5.74, 6) is 0.0101. The first kappa shape index (κ1) is 11.5. The zero-order chi connectivity index (χ0) is 11.5. The van der Waals surface area contributed by atoms with Gasteiger partial charge in [0.25, 0.3) is 5.91 Å². The smallest absolute Gasteiger partial charge is 0.265 e. The number of thiazole rings is 1. The molecule has 5 heteroatoms. The molecule has 0 aliphatic carbocycles. The predicted molar refractivity (Wildman–Crippen MR) is 62.6 cm³/mol. The lowest BCUT2D eigenvalue weighted by Crippen LogP contribution is -2.41. The van der Waals surface area contributed by atoms with Crippen molar-refractivity contribution in [2.24, 2.45) is 0 Å². The van der Waals surface area contributed by atoms with Crippen LogP contribution in [0.25, 0.3) is 0 Å². The Kier molecular flexibility index (Phi) is 3.56. The van der Waals surface area contributed by atoms with E-state index in [2.05, 4.69) is 4.98 Å². The van der Waals surface area contributed by atoms with Gasteiger partial charge in [0.1, 0.15) is 4.88 Å². The maximum absolute atomic E-state index is 12.1. The van der Waals surface area contributed by atoms with Crippen molar-refractivity contribution in [1.29, 1.82) is 0 Å². The molecule has 2 rings (SSSR count). The highest BCUT2D eigenvalue weighted by Gasteiger charge is 2.24. The number of carbonyl (C=O) groups is 1. The average molecular weight is 240 g/mol. The Morgan fingerprint density at radius 2 is 2.56 bits per heavy atom. The minimum atomic E-state index is -0.365. The average Bonchev–Trinajstić information content (AvgIpc) is 2.76. The van der Waals surface area contributed by atoms with Crippen LogP contribution in [0.2, 0.25) is 0 Å². The number of aryl methyl sites for hydroxylation is 1. The van der Waals surface area contributed by atoms with Gasteiger partial charge in [0.2, 0.25) is 0 Å². The number of piperidine rings is 1. The SMILES string of the molecule is CCc1ncc(C(=O)N2CCCC(O)C2)s1. The molecule has 1 saturated heterocycles. The van der Waals surface area contributed by atoms with Crippen LogP contribution < -0.4 is 0 Å². The van der Waals surface area contributed by atoms with Crippen LogP contribution >= 0.6 is 11.3 Å². The molecule has 4 nitrogen and oxygen atoms in total. The highest BCUT2D eigenvalue weighted by atomic mass is 32.1. The van der Waals surface area contributed by atoms with Gasteiger partial charge in [-0.2, -0.15) is 0 Å². The number of carbonyl (C=O) groups excluding carboxylic acids is 1. The standard InChI is InChI=1S/C11H16N2O2S/c1-2-10-12-6-9(16-10)11(15)13-5-3-4-8(14)7-13/h6,8,14H,2-5,7H2,1H3. The number of amides is 1. The molecule has 1 N–H and O–H groups in total. The van der Waals surface area contributed by atoms with Gasteiger partial charge in [0.05, 0.1) is 17.3 Å². The summed E-state index contributed by atoms with van der Waals surface area (Å²) in [5.41, 5.74) is 0. The van der Waals surface area contributed by atoms with Gasteiger partial charge in [-0.3, -0.25) is 4.79 Å². The largest absolute Gasteiger partial charge is 0.391 e. The number of likely N-dealkylation sites (tertiary alicyclic amines) is 1.